The number of halogens is 2. The molecule has 0 amide bonds. The van der Waals surface area contributed by atoms with Crippen molar-refractivity contribution < 1.29 is 9.18 Å². The highest BCUT2D eigenvalue weighted by atomic mass is 35.5. The van der Waals surface area contributed by atoms with Crippen LogP contribution >= 0.6 is 11.6 Å². The molecule has 4 heteroatoms. The summed E-state index contributed by atoms with van der Waals surface area (Å²) in [7, 11) is 0. The molecule has 3 rings (SSSR count). The molecule has 0 spiro atoms. The number of piperidine rings is 1. The fraction of sp³-hybridized carbons (Fsp3) is 0.588. The summed E-state index contributed by atoms with van der Waals surface area (Å²) in [6.45, 7) is 1.50. The van der Waals surface area contributed by atoms with Crippen molar-refractivity contribution in [1.82, 2.24) is 4.90 Å². The fourth-order valence-electron chi connectivity index (χ4n) is 3.80. The predicted molar refractivity (Wildman–Crippen MR) is 81.8 cm³/mol. The number of benzene rings is 1. The standard InChI is InChI=1S/C17H21ClFNO/c18-13-7-8-15(19)12(10-13)11-20-9-2-1-5-16(20)14-4-3-6-17(14)21/h7-8,10,14,16H,1-6,9,11H2. The number of Topliss-reactive ketones (excluding diaryl/α,β-unsaturated/α-hetero) is 1. The van der Waals surface area contributed by atoms with Gasteiger partial charge < -0.3 is 0 Å². The van der Waals surface area contributed by atoms with Crippen LogP contribution in [0, 0.1) is 11.7 Å². The highest BCUT2D eigenvalue weighted by Gasteiger charge is 2.36. The summed E-state index contributed by atoms with van der Waals surface area (Å²) in [4.78, 5) is 14.4. The fourth-order valence-corrected chi connectivity index (χ4v) is 4.00. The zero-order valence-corrected chi connectivity index (χ0v) is 12.9. The SMILES string of the molecule is O=C1CCCC1C1CCCCN1Cc1cc(Cl)ccc1F. The van der Waals surface area contributed by atoms with E-state index in [0.717, 1.165) is 38.6 Å². The third kappa shape index (κ3) is 3.29. The van der Waals surface area contributed by atoms with Crippen LogP contribution in [-0.4, -0.2) is 23.3 Å². The normalized spacial score (nSPS) is 27.2. The Morgan fingerprint density at radius 2 is 2.10 bits per heavy atom. The van der Waals surface area contributed by atoms with Crippen LogP contribution in [0.2, 0.25) is 5.02 Å². The van der Waals surface area contributed by atoms with Crippen molar-refractivity contribution in [2.45, 2.75) is 51.1 Å². The Bertz CT molecular complexity index is 534. The van der Waals surface area contributed by atoms with Gasteiger partial charge in [0.15, 0.2) is 0 Å². The monoisotopic (exact) mass is 309 g/mol. The molecular weight excluding hydrogens is 289 g/mol. The molecule has 0 N–H and O–H groups in total. The molecule has 2 aliphatic rings. The van der Waals surface area contributed by atoms with E-state index in [1.807, 2.05) is 0 Å². The highest BCUT2D eigenvalue weighted by Crippen LogP contribution is 2.33. The van der Waals surface area contributed by atoms with Crippen molar-refractivity contribution in [3.63, 3.8) is 0 Å². The Morgan fingerprint density at radius 1 is 1.24 bits per heavy atom. The van der Waals surface area contributed by atoms with Gasteiger partial charge in [0.05, 0.1) is 0 Å². The van der Waals surface area contributed by atoms with Gasteiger partial charge in [-0.05, 0) is 50.4 Å². The van der Waals surface area contributed by atoms with E-state index in [2.05, 4.69) is 4.90 Å². The molecule has 1 saturated heterocycles. The number of carbonyl (C=O) groups excluding carboxylic acids is 1. The third-order valence-electron chi connectivity index (χ3n) is 4.86. The summed E-state index contributed by atoms with van der Waals surface area (Å²) < 4.78 is 14.0. The van der Waals surface area contributed by atoms with Crippen LogP contribution in [0.25, 0.3) is 0 Å². The van der Waals surface area contributed by atoms with Gasteiger partial charge in [-0.25, -0.2) is 4.39 Å². The Balaban J connectivity index is 1.78. The smallest absolute Gasteiger partial charge is 0.137 e. The van der Waals surface area contributed by atoms with E-state index < -0.39 is 0 Å². The van der Waals surface area contributed by atoms with Crippen LogP contribution in [0.4, 0.5) is 4.39 Å². The molecule has 1 aromatic carbocycles. The molecule has 1 aliphatic carbocycles. The van der Waals surface area contributed by atoms with Crippen LogP contribution in [0.3, 0.4) is 0 Å². The second kappa shape index (κ2) is 6.45. The number of ketones is 1. The molecule has 21 heavy (non-hydrogen) atoms. The van der Waals surface area contributed by atoms with E-state index in [9.17, 15) is 9.18 Å². The van der Waals surface area contributed by atoms with Crippen molar-refractivity contribution >= 4 is 17.4 Å². The van der Waals surface area contributed by atoms with Crippen LogP contribution < -0.4 is 0 Å². The molecule has 2 nitrogen and oxygen atoms in total. The Hall–Kier alpha value is -0.930. The lowest BCUT2D eigenvalue weighted by Crippen LogP contribution is -2.45. The molecule has 1 heterocycles. The van der Waals surface area contributed by atoms with Gasteiger partial charge in [-0.15, -0.1) is 0 Å². The lowest BCUT2D eigenvalue weighted by atomic mass is 9.88. The molecule has 0 bridgehead atoms. The van der Waals surface area contributed by atoms with E-state index in [-0.39, 0.29) is 17.8 Å². The summed E-state index contributed by atoms with van der Waals surface area (Å²) >= 11 is 5.98. The largest absolute Gasteiger partial charge is 0.299 e. The van der Waals surface area contributed by atoms with Gasteiger partial charge in [0, 0.05) is 35.5 Å². The minimum atomic E-state index is -0.207. The van der Waals surface area contributed by atoms with E-state index in [1.54, 1.807) is 12.1 Å². The van der Waals surface area contributed by atoms with E-state index in [0.29, 0.717) is 22.9 Å². The van der Waals surface area contributed by atoms with Gasteiger partial charge in [0.1, 0.15) is 11.6 Å². The van der Waals surface area contributed by atoms with Gasteiger partial charge in [0.25, 0.3) is 0 Å². The van der Waals surface area contributed by atoms with Crippen LogP contribution in [-0.2, 0) is 11.3 Å². The first-order valence-electron chi connectivity index (χ1n) is 7.86. The van der Waals surface area contributed by atoms with Crippen LogP contribution in [0.15, 0.2) is 18.2 Å². The molecule has 2 atom stereocenters. The predicted octanol–water partition coefficient (Wildman–Crippen LogP) is 4.20. The van der Waals surface area contributed by atoms with Gasteiger partial charge >= 0.3 is 0 Å². The maximum atomic E-state index is 14.0. The molecule has 0 aromatic heterocycles. The molecule has 2 fully saturated rings. The number of nitrogens with zero attached hydrogens (tertiary/aromatic N) is 1. The first-order valence-corrected chi connectivity index (χ1v) is 8.23. The second-order valence-corrected chi connectivity index (χ2v) is 6.67. The maximum Gasteiger partial charge on any atom is 0.137 e. The zero-order valence-electron chi connectivity index (χ0n) is 12.2. The van der Waals surface area contributed by atoms with Crippen molar-refractivity contribution in [3.8, 4) is 0 Å². The Morgan fingerprint density at radius 3 is 2.86 bits per heavy atom. The first-order chi connectivity index (χ1) is 10.1. The quantitative estimate of drug-likeness (QED) is 0.834. The third-order valence-corrected chi connectivity index (χ3v) is 5.10. The molecule has 1 saturated carbocycles. The number of rotatable bonds is 3. The van der Waals surface area contributed by atoms with Crippen molar-refractivity contribution in [2.75, 3.05) is 6.54 Å². The average molecular weight is 310 g/mol. The lowest BCUT2D eigenvalue weighted by Gasteiger charge is -2.38. The molecule has 2 unspecified atom stereocenters. The van der Waals surface area contributed by atoms with Crippen molar-refractivity contribution in [2.24, 2.45) is 5.92 Å². The van der Waals surface area contributed by atoms with Crippen LogP contribution in [0.5, 0.6) is 0 Å². The van der Waals surface area contributed by atoms with Gasteiger partial charge in [-0.1, -0.05) is 18.0 Å². The first kappa shape index (κ1) is 15.0. The molecule has 0 radical (unpaired) electrons. The second-order valence-electron chi connectivity index (χ2n) is 6.23. The maximum absolute atomic E-state index is 14.0. The minimum absolute atomic E-state index is 0.160. The number of hydrogen-bond acceptors (Lipinski definition) is 2. The summed E-state index contributed by atoms with van der Waals surface area (Å²) in [6, 6.07) is 5.00. The topological polar surface area (TPSA) is 20.3 Å². The number of likely N-dealkylation sites (tertiary alicyclic amines) is 1. The zero-order chi connectivity index (χ0) is 14.8. The molecule has 1 aliphatic heterocycles. The molecule has 1 aromatic rings. The average Bonchev–Trinajstić information content (AvgIpc) is 2.90. The molecule has 114 valence electrons. The van der Waals surface area contributed by atoms with Gasteiger partial charge in [-0.3, -0.25) is 9.69 Å². The van der Waals surface area contributed by atoms with Crippen molar-refractivity contribution in [1.29, 1.82) is 0 Å². The highest BCUT2D eigenvalue weighted by molar-refractivity contribution is 6.30. The summed E-state index contributed by atoms with van der Waals surface area (Å²) in [5, 5.41) is 0.567. The van der Waals surface area contributed by atoms with E-state index >= 15 is 0 Å². The summed E-state index contributed by atoms with van der Waals surface area (Å²) in [6.07, 6.45) is 6.08. The Labute approximate surface area is 130 Å². The van der Waals surface area contributed by atoms with E-state index in [1.165, 1.54) is 12.5 Å². The van der Waals surface area contributed by atoms with Crippen LogP contribution in [0.1, 0.15) is 44.1 Å². The van der Waals surface area contributed by atoms with E-state index in [4.69, 9.17) is 11.6 Å². The van der Waals surface area contributed by atoms with Gasteiger partial charge in [0.2, 0.25) is 0 Å². The lowest BCUT2D eigenvalue weighted by molar-refractivity contribution is -0.123. The number of carbonyl (C=O) groups is 1. The Kier molecular flexibility index (Phi) is 4.60. The van der Waals surface area contributed by atoms with Crippen molar-refractivity contribution in [3.05, 3.63) is 34.6 Å². The summed E-state index contributed by atoms with van der Waals surface area (Å²) in [5.41, 5.74) is 0.639. The minimum Gasteiger partial charge on any atom is -0.299 e. The van der Waals surface area contributed by atoms with Gasteiger partial charge in [-0.2, -0.15) is 0 Å². The summed E-state index contributed by atoms with van der Waals surface area (Å²) in [5.74, 6) is 0.354. The number of hydrogen-bond donors (Lipinski definition) is 0. The molecular formula is C17H21ClFNO.